The molecule has 1 N–H and O–H groups in total. The van der Waals surface area contributed by atoms with E-state index >= 15 is 0 Å². The minimum Gasteiger partial charge on any atom is -0.469 e. The number of furan rings is 1. The molecule has 2 rings (SSSR count). The number of hydrogen-bond acceptors (Lipinski definition) is 2. The molecular formula is C11H16N2O. The zero-order chi connectivity index (χ0) is 9.97. The van der Waals surface area contributed by atoms with E-state index < -0.39 is 0 Å². The fourth-order valence-corrected chi connectivity index (χ4v) is 1.92. The molecule has 1 fully saturated rings. The Morgan fingerprint density at radius 2 is 2.07 bits per heavy atom. The zero-order valence-corrected chi connectivity index (χ0v) is 8.55. The summed E-state index contributed by atoms with van der Waals surface area (Å²) < 4.78 is 5.21. The van der Waals surface area contributed by atoms with Crippen LogP contribution < -0.4 is 0 Å². The number of nitrogens with zero attached hydrogens (tertiary/aromatic N) is 1. The summed E-state index contributed by atoms with van der Waals surface area (Å²) in [6, 6.07) is 1.88. The van der Waals surface area contributed by atoms with E-state index in [1.807, 2.05) is 13.0 Å². The molecule has 0 spiro atoms. The summed E-state index contributed by atoms with van der Waals surface area (Å²) in [5, 5.41) is 8.05. The van der Waals surface area contributed by atoms with E-state index in [-0.39, 0.29) is 0 Å². The molecule has 0 bridgehead atoms. The average Bonchev–Trinajstić information content (AvgIpc) is 2.65. The number of hydrogen-bond donors (Lipinski definition) is 1. The Labute approximate surface area is 84.2 Å². The lowest BCUT2D eigenvalue weighted by atomic mass is 10.1. The molecule has 3 nitrogen and oxygen atoms in total. The van der Waals surface area contributed by atoms with Crippen LogP contribution >= 0.6 is 0 Å². The molecule has 76 valence electrons. The zero-order valence-electron chi connectivity index (χ0n) is 8.55. The maximum atomic E-state index is 8.05. The Balaban J connectivity index is 2.11. The SMILES string of the molecule is Cc1occc1C(=N)N1CCCCC1. The minimum absolute atomic E-state index is 0.621. The van der Waals surface area contributed by atoms with Gasteiger partial charge in [-0.3, -0.25) is 5.41 Å². The molecule has 0 amide bonds. The van der Waals surface area contributed by atoms with E-state index in [1.54, 1.807) is 6.26 Å². The lowest BCUT2D eigenvalue weighted by Crippen LogP contribution is -2.35. The predicted octanol–water partition coefficient (Wildman–Crippen LogP) is 2.40. The molecule has 0 unspecified atom stereocenters. The summed E-state index contributed by atoms with van der Waals surface area (Å²) in [4.78, 5) is 2.14. The topological polar surface area (TPSA) is 40.2 Å². The lowest BCUT2D eigenvalue weighted by Gasteiger charge is -2.28. The molecule has 0 aromatic carbocycles. The average molecular weight is 192 g/mol. The Kier molecular flexibility index (Phi) is 2.57. The number of amidine groups is 1. The Morgan fingerprint density at radius 1 is 1.36 bits per heavy atom. The second-order valence-corrected chi connectivity index (χ2v) is 3.79. The van der Waals surface area contributed by atoms with Crippen molar-refractivity contribution < 1.29 is 4.42 Å². The van der Waals surface area contributed by atoms with Crippen molar-refractivity contribution in [3.63, 3.8) is 0 Å². The lowest BCUT2D eigenvalue weighted by molar-refractivity contribution is 0.340. The molecular weight excluding hydrogens is 176 g/mol. The summed E-state index contributed by atoms with van der Waals surface area (Å²) in [6.07, 6.45) is 5.37. The first-order chi connectivity index (χ1) is 6.79. The van der Waals surface area contributed by atoms with Gasteiger partial charge >= 0.3 is 0 Å². The second-order valence-electron chi connectivity index (χ2n) is 3.79. The molecule has 0 saturated carbocycles. The van der Waals surface area contributed by atoms with Gasteiger partial charge in [0.1, 0.15) is 11.6 Å². The van der Waals surface area contributed by atoms with Crippen LogP contribution in [0.15, 0.2) is 16.7 Å². The van der Waals surface area contributed by atoms with Gasteiger partial charge in [0.25, 0.3) is 0 Å². The van der Waals surface area contributed by atoms with Gasteiger partial charge in [-0.25, -0.2) is 0 Å². The third kappa shape index (κ3) is 1.67. The van der Waals surface area contributed by atoms with Gasteiger partial charge in [-0.2, -0.15) is 0 Å². The van der Waals surface area contributed by atoms with E-state index in [4.69, 9.17) is 9.83 Å². The van der Waals surface area contributed by atoms with Crippen molar-refractivity contribution >= 4 is 5.84 Å². The van der Waals surface area contributed by atoms with Crippen LogP contribution in [0.5, 0.6) is 0 Å². The van der Waals surface area contributed by atoms with Gasteiger partial charge in [0, 0.05) is 13.1 Å². The number of aryl methyl sites for hydroxylation is 1. The van der Waals surface area contributed by atoms with E-state index in [1.165, 1.54) is 19.3 Å². The van der Waals surface area contributed by atoms with Gasteiger partial charge < -0.3 is 9.32 Å². The van der Waals surface area contributed by atoms with Crippen molar-refractivity contribution in [3.05, 3.63) is 23.7 Å². The number of nitrogens with one attached hydrogen (secondary N) is 1. The smallest absolute Gasteiger partial charge is 0.131 e. The third-order valence-corrected chi connectivity index (χ3v) is 2.79. The monoisotopic (exact) mass is 192 g/mol. The van der Waals surface area contributed by atoms with Crippen molar-refractivity contribution in [2.24, 2.45) is 0 Å². The van der Waals surface area contributed by atoms with Gasteiger partial charge in [-0.05, 0) is 32.3 Å². The molecule has 3 heteroatoms. The Bertz CT molecular complexity index is 324. The van der Waals surface area contributed by atoms with E-state index in [2.05, 4.69) is 4.90 Å². The van der Waals surface area contributed by atoms with Gasteiger partial charge in [0.05, 0.1) is 11.8 Å². The highest BCUT2D eigenvalue weighted by molar-refractivity contribution is 5.97. The summed E-state index contributed by atoms with van der Waals surface area (Å²) >= 11 is 0. The summed E-state index contributed by atoms with van der Waals surface area (Å²) in [5.41, 5.74) is 0.937. The molecule has 1 aromatic rings. The molecule has 1 aromatic heterocycles. The maximum absolute atomic E-state index is 8.05. The summed E-state index contributed by atoms with van der Waals surface area (Å²) in [7, 11) is 0. The Morgan fingerprint density at radius 3 is 2.64 bits per heavy atom. The molecule has 1 saturated heterocycles. The number of piperidine rings is 1. The van der Waals surface area contributed by atoms with Crippen molar-refractivity contribution in [1.82, 2.24) is 4.90 Å². The van der Waals surface area contributed by atoms with Crippen LogP contribution in [-0.2, 0) is 0 Å². The molecule has 2 heterocycles. The highest BCUT2D eigenvalue weighted by Crippen LogP contribution is 2.16. The van der Waals surface area contributed by atoms with Crippen molar-refractivity contribution in [2.45, 2.75) is 26.2 Å². The van der Waals surface area contributed by atoms with E-state index in [0.29, 0.717) is 5.84 Å². The molecule has 0 atom stereocenters. The van der Waals surface area contributed by atoms with Crippen molar-refractivity contribution in [2.75, 3.05) is 13.1 Å². The van der Waals surface area contributed by atoms with Gasteiger partial charge in [-0.1, -0.05) is 0 Å². The fourth-order valence-electron chi connectivity index (χ4n) is 1.92. The second kappa shape index (κ2) is 3.86. The van der Waals surface area contributed by atoms with Crippen LogP contribution in [0.4, 0.5) is 0 Å². The first-order valence-electron chi connectivity index (χ1n) is 5.17. The standard InChI is InChI=1S/C11H16N2O/c1-9-10(5-8-14-9)11(12)13-6-3-2-4-7-13/h5,8,12H,2-4,6-7H2,1H3. The minimum atomic E-state index is 0.621. The number of rotatable bonds is 1. The van der Waals surface area contributed by atoms with Crippen molar-refractivity contribution in [3.8, 4) is 0 Å². The van der Waals surface area contributed by atoms with Gasteiger partial charge in [0.2, 0.25) is 0 Å². The first kappa shape index (κ1) is 9.31. The largest absolute Gasteiger partial charge is 0.469 e. The van der Waals surface area contributed by atoms with Crippen LogP contribution in [0.3, 0.4) is 0 Å². The first-order valence-corrected chi connectivity index (χ1v) is 5.17. The summed E-state index contributed by atoms with van der Waals surface area (Å²) in [5.74, 6) is 1.47. The highest BCUT2D eigenvalue weighted by Gasteiger charge is 2.17. The van der Waals surface area contributed by atoms with E-state index in [0.717, 1.165) is 24.4 Å². The van der Waals surface area contributed by atoms with E-state index in [9.17, 15) is 0 Å². The van der Waals surface area contributed by atoms with Crippen LogP contribution in [-0.4, -0.2) is 23.8 Å². The Hall–Kier alpha value is -1.25. The van der Waals surface area contributed by atoms with Crippen LogP contribution in [0.1, 0.15) is 30.6 Å². The fraction of sp³-hybridized carbons (Fsp3) is 0.545. The highest BCUT2D eigenvalue weighted by atomic mass is 16.3. The van der Waals surface area contributed by atoms with Gasteiger partial charge in [0.15, 0.2) is 0 Å². The molecule has 0 radical (unpaired) electrons. The molecule has 1 aliphatic heterocycles. The quantitative estimate of drug-likeness (QED) is 0.548. The molecule has 1 aliphatic rings. The van der Waals surface area contributed by atoms with Crippen LogP contribution in [0.2, 0.25) is 0 Å². The molecule has 0 aliphatic carbocycles. The molecule has 14 heavy (non-hydrogen) atoms. The summed E-state index contributed by atoms with van der Waals surface area (Å²) in [6.45, 7) is 3.95. The van der Waals surface area contributed by atoms with Crippen LogP contribution in [0.25, 0.3) is 0 Å². The number of likely N-dealkylation sites (tertiary alicyclic amines) is 1. The third-order valence-electron chi connectivity index (χ3n) is 2.79. The predicted molar refractivity (Wildman–Crippen MR) is 55.7 cm³/mol. The maximum Gasteiger partial charge on any atom is 0.131 e. The van der Waals surface area contributed by atoms with Crippen LogP contribution in [0, 0.1) is 12.3 Å². The van der Waals surface area contributed by atoms with Gasteiger partial charge in [-0.15, -0.1) is 0 Å². The van der Waals surface area contributed by atoms with Crippen molar-refractivity contribution in [1.29, 1.82) is 5.41 Å². The normalized spacial score (nSPS) is 17.1.